The van der Waals surface area contributed by atoms with E-state index >= 15 is 0 Å². The van der Waals surface area contributed by atoms with Crippen LogP contribution in [0.25, 0.3) is 0 Å². The maximum absolute atomic E-state index is 13.3. The Morgan fingerprint density at radius 3 is 2.29 bits per heavy atom. The molecule has 0 unspecified atom stereocenters. The molecule has 1 aromatic rings. The van der Waals surface area contributed by atoms with Crippen LogP contribution in [0.1, 0.15) is 5.56 Å². The summed E-state index contributed by atoms with van der Waals surface area (Å²) in [6.45, 7) is -0.391. The normalized spacial score (nSPS) is 9.00. The van der Waals surface area contributed by atoms with Crippen LogP contribution >= 0.6 is 15.9 Å². The number of nitrogens with zero attached hydrogens (tertiary/aromatic N) is 2. The van der Waals surface area contributed by atoms with Crippen LogP contribution in [0.2, 0.25) is 0 Å². The van der Waals surface area contributed by atoms with E-state index in [-0.39, 0.29) is 15.6 Å². The van der Waals surface area contributed by atoms with Crippen molar-refractivity contribution < 1.29 is 13.5 Å². The van der Waals surface area contributed by atoms with Crippen LogP contribution in [0.15, 0.2) is 28.4 Å². The van der Waals surface area contributed by atoms with Crippen molar-refractivity contribution in [2.45, 2.75) is 6.61 Å². The van der Waals surface area contributed by atoms with Gasteiger partial charge in [0.15, 0.2) is 5.57 Å². The van der Waals surface area contributed by atoms with Crippen molar-refractivity contribution in [1.82, 2.24) is 0 Å². The van der Waals surface area contributed by atoms with E-state index in [0.29, 0.717) is 0 Å². The first kappa shape index (κ1) is 13.1. The molecule has 86 valence electrons. The molecule has 0 aliphatic heterocycles. The van der Waals surface area contributed by atoms with Crippen molar-refractivity contribution in [3.8, 4) is 12.1 Å². The van der Waals surface area contributed by atoms with Gasteiger partial charge in [-0.3, -0.25) is 0 Å². The largest absolute Gasteiger partial charge is 0.494 e. The van der Waals surface area contributed by atoms with E-state index in [4.69, 9.17) is 15.3 Å². The first-order chi connectivity index (χ1) is 8.08. The molecule has 0 aliphatic rings. The Kier molecular flexibility index (Phi) is 4.62. The highest BCUT2D eigenvalue weighted by molar-refractivity contribution is 9.10. The number of hydrogen-bond donors (Lipinski definition) is 0. The molecule has 0 heterocycles. The van der Waals surface area contributed by atoms with E-state index in [1.807, 2.05) is 0 Å². The van der Waals surface area contributed by atoms with Crippen LogP contribution in [0.3, 0.4) is 0 Å². The fourth-order valence-electron chi connectivity index (χ4n) is 0.996. The van der Waals surface area contributed by atoms with E-state index in [1.165, 1.54) is 0 Å². The first-order valence-electron chi connectivity index (χ1n) is 4.34. The van der Waals surface area contributed by atoms with Gasteiger partial charge in [-0.15, -0.1) is 0 Å². The maximum Gasteiger partial charge on any atom is 0.164 e. The SMILES string of the molecule is N#CC(C#N)=COCc1c(F)cc(Br)cc1F. The van der Waals surface area contributed by atoms with Crippen molar-refractivity contribution in [2.75, 3.05) is 0 Å². The van der Waals surface area contributed by atoms with Gasteiger partial charge < -0.3 is 4.74 Å². The predicted octanol–water partition coefficient (Wildman–Crippen LogP) is 3.17. The summed E-state index contributed by atoms with van der Waals surface area (Å²) in [6.07, 6.45) is 0.862. The van der Waals surface area contributed by atoms with E-state index in [9.17, 15) is 8.78 Å². The number of rotatable bonds is 3. The van der Waals surface area contributed by atoms with E-state index in [0.717, 1.165) is 18.4 Å². The molecule has 1 aromatic carbocycles. The Morgan fingerprint density at radius 2 is 1.82 bits per heavy atom. The summed E-state index contributed by atoms with van der Waals surface area (Å²) in [5, 5.41) is 16.8. The van der Waals surface area contributed by atoms with E-state index in [2.05, 4.69) is 15.9 Å². The van der Waals surface area contributed by atoms with Crippen molar-refractivity contribution in [2.24, 2.45) is 0 Å². The van der Waals surface area contributed by atoms with Gasteiger partial charge >= 0.3 is 0 Å². The molecule has 0 saturated carbocycles. The number of nitriles is 2. The third-order valence-electron chi connectivity index (χ3n) is 1.78. The summed E-state index contributed by atoms with van der Waals surface area (Å²) in [7, 11) is 0. The fraction of sp³-hybridized carbons (Fsp3) is 0.0909. The minimum Gasteiger partial charge on any atom is -0.494 e. The lowest BCUT2D eigenvalue weighted by molar-refractivity contribution is 0.225. The minimum atomic E-state index is -0.763. The maximum atomic E-state index is 13.3. The second kappa shape index (κ2) is 5.97. The second-order valence-corrected chi connectivity index (χ2v) is 3.83. The Morgan fingerprint density at radius 1 is 1.29 bits per heavy atom. The molecular weight excluding hydrogens is 294 g/mol. The van der Waals surface area contributed by atoms with Crippen LogP contribution in [0.5, 0.6) is 0 Å². The Balaban J connectivity index is 2.82. The molecule has 0 atom stereocenters. The third kappa shape index (κ3) is 3.54. The van der Waals surface area contributed by atoms with E-state index in [1.54, 1.807) is 12.1 Å². The Hall–Kier alpha value is -1.92. The molecule has 0 spiro atoms. The zero-order chi connectivity index (χ0) is 12.8. The average molecular weight is 299 g/mol. The first-order valence-corrected chi connectivity index (χ1v) is 5.13. The summed E-state index contributed by atoms with van der Waals surface area (Å²) < 4.78 is 31.6. The smallest absolute Gasteiger partial charge is 0.164 e. The van der Waals surface area contributed by atoms with Gasteiger partial charge in [0.05, 0.1) is 5.56 Å². The summed E-state index contributed by atoms with van der Waals surface area (Å²) >= 11 is 2.94. The summed E-state index contributed by atoms with van der Waals surface area (Å²) in [6, 6.07) is 5.31. The summed E-state index contributed by atoms with van der Waals surface area (Å²) in [5.41, 5.74) is -0.539. The zero-order valence-corrected chi connectivity index (χ0v) is 9.96. The van der Waals surface area contributed by atoms with E-state index < -0.39 is 18.2 Å². The average Bonchev–Trinajstić information content (AvgIpc) is 2.27. The van der Waals surface area contributed by atoms with Gasteiger partial charge in [-0.25, -0.2) is 8.78 Å². The standard InChI is InChI=1S/C11H5BrF2N2O/c12-8-1-10(13)9(11(14)2-8)6-17-5-7(3-15)4-16/h1-2,5H,6H2. The highest BCUT2D eigenvalue weighted by Gasteiger charge is 2.10. The van der Waals surface area contributed by atoms with Gasteiger partial charge in [0.1, 0.15) is 36.6 Å². The van der Waals surface area contributed by atoms with Crippen LogP contribution in [0.4, 0.5) is 8.78 Å². The molecule has 0 radical (unpaired) electrons. The van der Waals surface area contributed by atoms with Crippen molar-refractivity contribution >= 4 is 15.9 Å². The topological polar surface area (TPSA) is 56.8 Å². The summed E-state index contributed by atoms with van der Waals surface area (Å²) in [4.78, 5) is 0. The van der Waals surface area contributed by atoms with Crippen LogP contribution in [-0.2, 0) is 11.3 Å². The van der Waals surface area contributed by atoms with Gasteiger partial charge in [-0.1, -0.05) is 15.9 Å². The minimum absolute atomic E-state index is 0.264. The molecule has 17 heavy (non-hydrogen) atoms. The molecule has 0 saturated heterocycles. The molecule has 0 aliphatic carbocycles. The Bertz CT molecular complexity index is 504. The molecule has 3 nitrogen and oxygen atoms in total. The fourth-order valence-corrected chi connectivity index (χ4v) is 1.40. The lowest BCUT2D eigenvalue weighted by Crippen LogP contribution is -1.97. The zero-order valence-electron chi connectivity index (χ0n) is 8.38. The van der Waals surface area contributed by atoms with Crippen LogP contribution in [-0.4, -0.2) is 0 Å². The lowest BCUT2D eigenvalue weighted by Gasteiger charge is -2.05. The number of ether oxygens (including phenoxy) is 1. The number of benzene rings is 1. The van der Waals surface area contributed by atoms with Gasteiger partial charge in [0.25, 0.3) is 0 Å². The van der Waals surface area contributed by atoms with Gasteiger partial charge in [0, 0.05) is 4.47 Å². The van der Waals surface area contributed by atoms with Gasteiger partial charge in [0.2, 0.25) is 0 Å². The quantitative estimate of drug-likeness (QED) is 0.636. The molecule has 0 N–H and O–H groups in total. The molecule has 0 aromatic heterocycles. The van der Waals surface area contributed by atoms with Gasteiger partial charge in [-0.2, -0.15) is 10.5 Å². The molecule has 6 heteroatoms. The van der Waals surface area contributed by atoms with Crippen LogP contribution in [0, 0.1) is 34.3 Å². The third-order valence-corrected chi connectivity index (χ3v) is 2.23. The molecule has 0 amide bonds. The Labute approximate surface area is 105 Å². The monoisotopic (exact) mass is 298 g/mol. The van der Waals surface area contributed by atoms with Gasteiger partial charge in [-0.05, 0) is 12.1 Å². The second-order valence-electron chi connectivity index (χ2n) is 2.91. The van der Waals surface area contributed by atoms with Crippen molar-refractivity contribution in [3.05, 3.63) is 45.6 Å². The predicted molar refractivity (Wildman–Crippen MR) is 58.2 cm³/mol. The number of halogens is 3. The van der Waals surface area contributed by atoms with Crippen molar-refractivity contribution in [1.29, 1.82) is 10.5 Å². The van der Waals surface area contributed by atoms with Crippen molar-refractivity contribution in [3.63, 3.8) is 0 Å². The molecule has 0 bridgehead atoms. The number of allylic oxidation sites excluding steroid dienone is 1. The summed E-state index contributed by atoms with van der Waals surface area (Å²) in [5.74, 6) is -1.53. The molecule has 0 fully saturated rings. The highest BCUT2D eigenvalue weighted by Crippen LogP contribution is 2.20. The molecular formula is C11H5BrF2N2O. The lowest BCUT2D eigenvalue weighted by atomic mass is 10.2. The van der Waals surface area contributed by atoms with Crippen LogP contribution < -0.4 is 0 Å². The highest BCUT2D eigenvalue weighted by atomic mass is 79.9. The molecule has 1 rings (SSSR count). The number of hydrogen-bond acceptors (Lipinski definition) is 3.